The molecule has 0 atom stereocenters. The molecule has 4 N–H and O–H groups in total. The Morgan fingerprint density at radius 3 is 2.65 bits per heavy atom. The molecule has 0 radical (unpaired) electrons. The fraction of sp³-hybridized carbons (Fsp3) is 0.462. The second-order valence-corrected chi connectivity index (χ2v) is 4.45. The summed E-state index contributed by atoms with van der Waals surface area (Å²) in [6, 6.07) is 6.05. The van der Waals surface area contributed by atoms with Gasteiger partial charge in [-0.2, -0.15) is 0 Å². The van der Waals surface area contributed by atoms with Gasteiger partial charge in [-0.3, -0.25) is 4.79 Å². The fourth-order valence-electron chi connectivity index (χ4n) is 1.58. The fourth-order valence-corrected chi connectivity index (χ4v) is 1.58. The van der Waals surface area contributed by atoms with Crippen LogP contribution in [0, 0.1) is 6.92 Å². The lowest BCUT2D eigenvalue weighted by Gasteiger charge is -2.12. The molecule has 1 aromatic rings. The first kappa shape index (κ1) is 13.5. The lowest BCUT2D eigenvalue weighted by atomic mass is 10.1. The summed E-state index contributed by atoms with van der Waals surface area (Å²) in [5.74, 6) is -0.399. The molecular weight excluding hydrogens is 214 g/mol. The van der Waals surface area contributed by atoms with Crippen molar-refractivity contribution in [2.45, 2.75) is 26.8 Å². The molecular formula is C13H21N3O. The number of rotatable bonds is 6. The van der Waals surface area contributed by atoms with Crippen molar-refractivity contribution in [3.8, 4) is 0 Å². The third kappa shape index (κ3) is 4.44. The predicted octanol–water partition coefficient (Wildman–Crippen LogP) is 1.50. The summed E-state index contributed by atoms with van der Waals surface area (Å²) in [7, 11) is 0. The minimum Gasteiger partial charge on any atom is -0.383 e. The first-order chi connectivity index (χ1) is 8.00. The second-order valence-electron chi connectivity index (χ2n) is 4.45. The zero-order chi connectivity index (χ0) is 12.8. The highest BCUT2D eigenvalue weighted by atomic mass is 16.1. The van der Waals surface area contributed by atoms with Gasteiger partial charge in [0.1, 0.15) is 0 Å². The third-order valence-corrected chi connectivity index (χ3v) is 2.43. The molecule has 0 heterocycles. The lowest BCUT2D eigenvalue weighted by molar-refractivity contribution is 0.100. The molecule has 0 saturated carbocycles. The van der Waals surface area contributed by atoms with E-state index in [1.54, 1.807) is 6.07 Å². The van der Waals surface area contributed by atoms with Gasteiger partial charge in [-0.15, -0.1) is 0 Å². The van der Waals surface area contributed by atoms with E-state index in [4.69, 9.17) is 5.73 Å². The molecule has 1 aromatic carbocycles. The molecule has 0 bridgehead atoms. The maximum absolute atomic E-state index is 11.2. The average Bonchev–Trinajstić information content (AvgIpc) is 2.23. The molecule has 0 saturated heterocycles. The van der Waals surface area contributed by atoms with Crippen LogP contribution in [0.15, 0.2) is 18.2 Å². The highest BCUT2D eigenvalue weighted by molar-refractivity contribution is 5.98. The van der Waals surface area contributed by atoms with Crippen LogP contribution >= 0.6 is 0 Å². The predicted molar refractivity (Wildman–Crippen MR) is 71.3 cm³/mol. The smallest absolute Gasteiger partial charge is 0.250 e. The van der Waals surface area contributed by atoms with Crippen LogP contribution in [-0.2, 0) is 0 Å². The van der Waals surface area contributed by atoms with Crippen molar-refractivity contribution in [1.82, 2.24) is 5.32 Å². The number of anilines is 1. The van der Waals surface area contributed by atoms with Crippen molar-refractivity contribution in [1.29, 1.82) is 0 Å². The molecule has 94 valence electrons. The summed E-state index contributed by atoms with van der Waals surface area (Å²) >= 11 is 0. The topological polar surface area (TPSA) is 67.2 Å². The molecule has 17 heavy (non-hydrogen) atoms. The Labute approximate surface area is 103 Å². The highest BCUT2D eigenvalue weighted by Crippen LogP contribution is 2.16. The van der Waals surface area contributed by atoms with Crippen LogP contribution in [0.25, 0.3) is 0 Å². The first-order valence-electron chi connectivity index (χ1n) is 5.88. The van der Waals surface area contributed by atoms with E-state index >= 15 is 0 Å². The van der Waals surface area contributed by atoms with E-state index in [1.807, 2.05) is 19.1 Å². The molecule has 0 fully saturated rings. The molecule has 0 aromatic heterocycles. The molecule has 0 aliphatic carbocycles. The minimum atomic E-state index is -0.399. The molecule has 0 aliphatic heterocycles. The summed E-state index contributed by atoms with van der Waals surface area (Å²) in [4.78, 5) is 11.2. The maximum Gasteiger partial charge on any atom is 0.250 e. The average molecular weight is 235 g/mol. The van der Waals surface area contributed by atoms with Gasteiger partial charge in [-0.05, 0) is 24.6 Å². The van der Waals surface area contributed by atoms with Gasteiger partial charge >= 0.3 is 0 Å². The standard InChI is InChI=1S/C13H21N3O/c1-9(2)15-6-7-16-12-8-10(3)4-5-11(12)13(14)17/h4-5,8-9,15-16H,6-7H2,1-3H3,(H2,14,17). The zero-order valence-corrected chi connectivity index (χ0v) is 10.7. The lowest BCUT2D eigenvalue weighted by Crippen LogP contribution is -2.28. The van der Waals surface area contributed by atoms with E-state index in [0.29, 0.717) is 11.6 Å². The summed E-state index contributed by atoms with van der Waals surface area (Å²) in [5, 5.41) is 6.53. The van der Waals surface area contributed by atoms with Gasteiger partial charge in [0, 0.05) is 24.8 Å². The van der Waals surface area contributed by atoms with E-state index < -0.39 is 5.91 Å². The van der Waals surface area contributed by atoms with Gasteiger partial charge in [-0.1, -0.05) is 19.9 Å². The maximum atomic E-state index is 11.2. The quantitative estimate of drug-likeness (QED) is 0.655. The molecule has 0 aliphatic rings. The third-order valence-electron chi connectivity index (χ3n) is 2.43. The van der Waals surface area contributed by atoms with Gasteiger partial charge in [0.05, 0.1) is 5.56 Å². The van der Waals surface area contributed by atoms with Crippen molar-refractivity contribution in [2.75, 3.05) is 18.4 Å². The van der Waals surface area contributed by atoms with Crippen LogP contribution in [0.2, 0.25) is 0 Å². The number of nitrogens with two attached hydrogens (primary N) is 1. The second kappa shape index (κ2) is 6.25. The number of aryl methyl sites for hydroxylation is 1. The van der Waals surface area contributed by atoms with Crippen LogP contribution in [0.3, 0.4) is 0 Å². The van der Waals surface area contributed by atoms with Crippen molar-refractivity contribution < 1.29 is 4.79 Å². The van der Waals surface area contributed by atoms with Gasteiger partial charge in [0.25, 0.3) is 5.91 Å². The van der Waals surface area contributed by atoms with Crippen LogP contribution in [0.5, 0.6) is 0 Å². The molecule has 0 unspecified atom stereocenters. The van der Waals surface area contributed by atoms with Crippen LogP contribution in [0.4, 0.5) is 5.69 Å². The number of hydrogen-bond acceptors (Lipinski definition) is 3. The Kier molecular flexibility index (Phi) is 4.97. The normalized spacial score (nSPS) is 10.6. The largest absolute Gasteiger partial charge is 0.383 e. The molecule has 4 nitrogen and oxygen atoms in total. The Bertz CT molecular complexity index is 388. The first-order valence-corrected chi connectivity index (χ1v) is 5.88. The van der Waals surface area contributed by atoms with Crippen LogP contribution in [0.1, 0.15) is 29.8 Å². The Morgan fingerprint density at radius 2 is 2.06 bits per heavy atom. The minimum absolute atomic E-state index is 0.399. The van der Waals surface area contributed by atoms with Crippen LogP contribution in [-0.4, -0.2) is 25.0 Å². The van der Waals surface area contributed by atoms with Gasteiger partial charge in [0.15, 0.2) is 0 Å². The Balaban J connectivity index is 2.62. The summed E-state index contributed by atoms with van der Waals surface area (Å²) in [6.07, 6.45) is 0. The Hall–Kier alpha value is -1.55. The number of carbonyl (C=O) groups excluding carboxylic acids is 1. The van der Waals surface area contributed by atoms with Gasteiger partial charge < -0.3 is 16.4 Å². The van der Waals surface area contributed by atoms with Crippen molar-refractivity contribution in [3.63, 3.8) is 0 Å². The molecule has 1 amide bonds. The van der Waals surface area contributed by atoms with E-state index in [1.165, 1.54) is 0 Å². The SMILES string of the molecule is Cc1ccc(C(N)=O)c(NCCNC(C)C)c1. The van der Waals surface area contributed by atoms with Crippen LogP contribution < -0.4 is 16.4 Å². The highest BCUT2D eigenvalue weighted by Gasteiger charge is 2.07. The van der Waals surface area contributed by atoms with E-state index in [0.717, 1.165) is 24.3 Å². The van der Waals surface area contributed by atoms with E-state index in [2.05, 4.69) is 24.5 Å². The number of primary amides is 1. The number of benzene rings is 1. The number of amides is 1. The van der Waals surface area contributed by atoms with Crippen molar-refractivity contribution >= 4 is 11.6 Å². The van der Waals surface area contributed by atoms with Crippen molar-refractivity contribution in [3.05, 3.63) is 29.3 Å². The Morgan fingerprint density at radius 1 is 1.35 bits per heavy atom. The summed E-state index contributed by atoms with van der Waals surface area (Å²) in [6.45, 7) is 7.80. The summed E-state index contributed by atoms with van der Waals surface area (Å²) in [5.41, 5.74) is 7.78. The molecule has 1 rings (SSSR count). The van der Waals surface area contributed by atoms with Gasteiger partial charge in [-0.25, -0.2) is 0 Å². The van der Waals surface area contributed by atoms with E-state index in [9.17, 15) is 4.79 Å². The molecule has 4 heteroatoms. The summed E-state index contributed by atoms with van der Waals surface area (Å²) < 4.78 is 0. The van der Waals surface area contributed by atoms with E-state index in [-0.39, 0.29) is 0 Å². The zero-order valence-electron chi connectivity index (χ0n) is 10.7. The molecule has 0 spiro atoms. The monoisotopic (exact) mass is 235 g/mol. The number of hydrogen-bond donors (Lipinski definition) is 3. The number of carbonyl (C=O) groups is 1. The van der Waals surface area contributed by atoms with Crippen molar-refractivity contribution in [2.24, 2.45) is 5.73 Å². The number of nitrogens with one attached hydrogen (secondary N) is 2. The van der Waals surface area contributed by atoms with Gasteiger partial charge in [0.2, 0.25) is 0 Å².